The van der Waals surface area contributed by atoms with E-state index in [0.29, 0.717) is 5.56 Å². The number of rotatable bonds is 5. The van der Waals surface area contributed by atoms with E-state index in [2.05, 4.69) is 17.3 Å². The fraction of sp³-hybridized carbons (Fsp3) is 0.292. The summed E-state index contributed by atoms with van der Waals surface area (Å²) < 4.78 is 1.89. The zero-order valence-electron chi connectivity index (χ0n) is 17.8. The Kier molecular flexibility index (Phi) is 5.53. The SMILES string of the molecule is Cc1cccc[n+]1[C@@H]1[C@@H](c2ccc([N+](=O)[O-])cc2)C(C#N)=C(C(=C=N)C#N)N[C@@]1(O)C1CC1. The van der Waals surface area contributed by atoms with Crippen LogP contribution in [0.4, 0.5) is 5.69 Å². The lowest BCUT2D eigenvalue weighted by Gasteiger charge is -2.43. The van der Waals surface area contributed by atoms with Gasteiger partial charge >= 0.3 is 0 Å². The second kappa shape index (κ2) is 8.33. The Hall–Kier alpha value is -4.30. The van der Waals surface area contributed by atoms with Crippen molar-refractivity contribution in [1.82, 2.24) is 5.32 Å². The third-order valence-electron chi connectivity index (χ3n) is 6.34. The van der Waals surface area contributed by atoms with Gasteiger partial charge in [0.1, 0.15) is 11.6 Å². The largest absolute Gasteiger partial charge is 0.365 e. The highest BCUT2D eigenvalue weighted by Crippen LogP contribution is 2.52. The van der Waals surface area contributed by atoms with E-state index in [1.165, 1.54) is 12.1 Å². The minimum absolute atomic E-state index is 0.0678. The molecule has 1 aromatic carbocycles. The smallest absolute Gasteiger partial charge is 0.269 e. The second-order valence-corrected chi connectivity index (χ2v) is 8.26. The Labute approximate surface area is 190 Å². The number of aryl methyl sites for hydroxylation is 1. The Balaban J connectivity index is 2.04. The fourth-order valence-corrected chi connectivity index (χ4v) is 4.62. The molecule has 0 spiro atoms. The maximum absolute atomic E-state index is 12.1. The van der Waals surface area contributed by atoms with Crippen molar-refractivity contribution >= 4 is 11.6 Å². The third-order valence-corrected chi connectivity index (χ3v) is 6.34. The van der Waals surface area contributed by atoms with Gasteiger partial charge in [-0.25, -0.2) is 0 Å². The lowest BCUT2D eigenvalue weighted by molar-refractivity contribution is -0.747. The fourth-order valence-electron chi connectivity index (χ4n) is 4.62. The first-order chi connectivity index (χ1) is 15.8. The van der Waals surface area contributed by atoms with E-state index in [9.17, 15) is 25.7 Å². The highest BCUT2D eigenvalue weighted by Gasteiger charge is 2.61. The summed E-state index contributed by atoms with van der Waals surface area (Å²) >= 11 is 0. The molecule has 164 valence electrons. The van der Waals surface area contributed by atoms with Gasteiger partial charge in [-0.3, -0.25) is 15.5 Å². The lowest BCUT2D eigenvalue weighted by atomic mass is 9.73. The van der Waals surface area contributed by atoms with Gasteiger partial charge in [-0.1, -0.05) is 18.2 Å². The van der Waals surface area contributed by atoms with Crippen molar-refractivity contribution in [3.8, 4) is 12.1 Å². The van der Waals surface area contributed by atoms with Gasteiger partial charge in [-0.15, -0.1) is 0 Å². The van der Waals surface area contributed by atoms with Gasteiger partial charge in [0.2, 0.25) is 11.8 Å². The summed E-state index contributed by atoms with van der Waals surface area (Å²) in [6.07, 6.45) is 3.33. The van der Waals surface area contributed by atoms with E-state index in [1.807, 2.05) is 42.0 Å². The molecule has 2 aliphatic rings. The summed E-state index contributed by atoms with van der Waals surface area (Å²) in [5, 5.41) is 53.6. The van der Waals surface area contributed by atoms with Crippen LogP contribution >= 0.6 is 0 Å². The zero-order valence-corrected chi connectivity index (χ0v) is 17.8. The molecule has 1 aromatic heterocycles. The highest BCUT2D eigenvalue weighted by molar-refractivity contribution is 5.71. The molecule has 3 atom stereocenters. The number of benzene rings is 1. The van der Waals surface area contributed by atoms with E-state index in [-0.39, 0.29) is 28.4 Å². The topological polar surface area (TPSA) is 151 Å². The maximum Gasteiger partial charge on any atom is 0.269 e. The van der Waals surface area contributed by atoms with Crippen LogP contribution in [0.2, 0.25) is 0 Å². The number of hydrogen-bond donors (Lipinski definition) is 3. The predicted octanol–water partition coefficient (Wildman–Crippen LogP) is 2.69. The molecular weight excluding hydrogens is 420 g/mol. The van der Waals surface area contributed by atoms with Crippen LogP contribution in [-0.4, -0.2) is 21.6 Å². The molecule has 1 fully saturated rings. The van der Waals surface area contributed by atoms with Crippen molar-refractivity contribution in [3.05, 3.63) is 86.9 Å². The Morgan fingerprint density at radius 1 is 1.27 bits per heavy atom. The second-order valence-electron chi connectivity index (χ2n) is 8.26. The number of allylic oxidation sites excluding steroid dienone is 2. The van der Waals surface area contributed by atoms with E-state index in [0.717, 1.165) is 18.5 Å². The van der Waals surface area contributed by atoms with Crippen molar-refractivity contribution in [1.29, 1.82) is 15.9 Å². The van der Waals surface area contributed by atoms with Crippen molar-refractivity contribution in [2.75, 3.05) is 0 Å². The monoisotopic (exact) mass is 441 g/mol. The molecule has 0 unspecified atom stereocenters. The van der Waals surface area contributed by atoms with Gasteiger partial charge < -0.3 is 10.4 Å². The van der Waals surface area contributed by atoms with Crippen LogP contribution < -0.4 is 9.88 Å². The number of nitrogens with zero attached hydrogens (tertiary/aromatic N) is 4. The molecule has 0 amide bonds. The first-order valence-corrected chi connectivity index (χ1v) is 10.4. The standard InChI is InChI=1S/C24H21N6O3/c1-15-4-2-3-11-29(15)23-21(16-5-9-19(10-6-16)30(32)33)20(14-27)22(17(12-25)13-26)28-24(23,31)18-7-8-18/h2-6,9-11,18,21,23,25,28,31H,7-8H2,1H3/q+1/t21-,23+,24+/m0/s1. The molecule has 9 nitrogen and oxygen atoms in total. The Morgan fingerprint density at radius 3 is 2.48 bits per heavy atom. The molecular formula is C24H21N6O3+. The number of non-ortho nitro benzene ring substituents is 1. The van der Waals surface area contributed by atoms with Crippen LogP contribution in [0.25, 0.3) is 0 Å². The molecule has 1 aliphatic carbocycles. The first kappa shape index (κ1) is 21.9. The van der Waals surface area contributed by atoms with Gasteiger partial charge in [-0.05, 0) is 24.3 Å². The summed E-state index contributed by atoms with van der Waals surface area (Å²) in [7, 11) is 0. The van der Waals surface area contributed by atoms with Gasteiger partial charge in [0, 0.05) is 37.1 Å². The van der Waals surface area contributed by atoms with Crippen LogP contribution in [0.3, 0.4) is 0 Å². The van der Waals surface area contributed by atoms with E-state index in [4.69, 9.17) is 5.41 Å². The lowest BCUT2D eigenvalue weighted by Crippen LogP contribution is -2.66. The average Bonchev–Trinajstić information content (AvgIpc) is 3.66. The number of aliphatic hydroxyl groups is 1. The summed E-state index contributed by atoms with van der Waals surface area (Å²) in [5.74, 6) is 1.19. The van der Waals surface area contributed by atoms with E-state index < -0.39 is 22.6 Å². The summed E-state index contributed by atoms with van der Waals surface area (Å²) in [5.41, 5.74) is -0.157. The molecule has 9 heteroatoms. The number of pyridine rings is 1. The number of nitrogens with one attached hydrogen (secondary N) is 2. The molecule has 3 N–H and O–H groups in total. The molecule has 2 aromatic rings. The number of nitro benzene ring substituents is 1. The quantitative estimate of drug-likeness (QED) is 0.213. The van der Waals surface area contributed by atoms with Crippen LogP contribution in [-0.2, 0) is 0 Å². The molecule has 4 rings (SSSR count). The maximum atomic E-state index is 12.1. The minimum atomic E-state index is -1.53. The van der Waals surface area contributed by atoms with Crippen LogP contribution in [0.1, 0.15) is 36.1 Å². The van der Waals surface area contributed by atoms with Gasteiger partial charge in [-0.2, -0.15) is 15.1 Å². The highest BCUT2D eigenvalue weighted by atomic mass is 16.6. The van der Waals surface area contributed by atoms with E-state index >= 15 is 0 Å². The molecule has 1 saturated carbocycles. The first-order valence-electron chi connectivity index (χ1n) is 10.4. The number of nitriles is 2. The molecule has 33 heavy (non-hydrogen) atoms. The normalized spacial score (nSPS) is 24.1. The van der Waals surface area contributed by atoms with Crippen molar-refractivity contribution in [3.63, 3.8) is 0 Å². The average molecular weight is 441 g/mol. The van der Waals surface area contributed by atoms with Crippen LogP contribution in [0.15, 0.2) is 65.5 Å². The summed E-state index contributed by atoms with van der Waals surface area (Å²) in [4.78, 5) is 10.7. The molecule has 0 saturated heterocycles. The number of nitro groups is 1. The van der Waals surface area contributed by atoms with Gasteiger partial charge in [0.25, 0.3) is 5.69 Å². The van der Waals surface area contributed by atoms with Crippen LogP contribution in [0, 0.1) is 51.0 Å². The predicted molar refractivity (Wildman–Crippen MR) is 117 cm³/mol. The Morgan fingerprint density at radius 2 is 1.97 bits per heavy atom. The van der Waals surface area contributed by atoms with Crippen LogP contribution in [0.5, 0.6) is 0 Å². The molecule has 0 radical (unpaired) electrons. The Bertz CT molecular complexity index is 1290. The minimum Gasteiger partial charge on any atom is -0.365 e. The third kappa shape index (κ3) is 3.66. The molecule has 2 heterocycles. The molecule has 0 bridgehead atoms. The van der Waals surface area contributed by atoms with Gasteiger partial charge in [0.05, 0.1) is 28.2 Å². The van der Waals surface area contributed by atoms with Gasteiger partial charge in [0.15, 0.2) is 11.9 Å². The number of hydrogen-bond acceptors (Lipinski definition) is 7. The summed E-state index contributed by atoms with van der Waals surface area (Å²) in [6.45, 7) is 1.89. The van der Waals surface area contributed by atoms with E-state index in [1.54, 1.807) is 12.1 Å². The zero-order chi connectivity index (χ0) is 23.8. The van der Waals surface area contributed by atoms with Crippen molar-refractivity contribution in [2.45, 2.75) is 37.5 Å². The van der Waals surface area contributed by atoms with Crippen molar-refractivity contribution < 1.29 is 14.6 Å². The number of aromatic nitrogens is 1. The molecule has 1 aliphatic heterocycles. The summed E-state index contributed by atoms with van der Waals surface area (Å²) in [6, 6.07) is 14.8. The van der Waals surface area contributed by atoms with Crippen molar-refractivity contribution in [2.24, 2.45) is 5.92 Å².